The van der Waals surface area contributed by atoms with Crippen molar-refractivity contribution in [2.75, 3.05) is 34.9 Å². The summed E-state index contributed by atoms with van der Waals surface area (Å²) in [5, 5.41) is 12.1. The van der Waals surface area contributed by atoms with E-state index in [2.05, 4.69) is 38.1 Å². The van der Waals surface area contributed by atoms with Gasteiger partial charge in [0, 0.05) is 45.1 Å². The lowest BCUT2D eigenvalue weighted by atomic mass is 9.81. The van der Waals surface area contributed by atoms with Crippen molar-refractivity contribution in [3.63, 3.8) is 0 Å². The molecule has 5 rings (SSSR count). The lowest BCUT2D eigenvalue weighted by Crippen LogP contribution is -2.64. The molecule has 3 heterocycles. The fourth-order valence-corrected chi connectivity index (χ4v) is 10.5. The third-order valence-electron chi connectivity index (χ3n) is 14.2. The van der Waals surface area contributed by atoms with Crippen molar-refractivity contribution >= 4 is 23.4 Å². The van der Waals surface area contributed by atoms with Crippen LogP contribution < -0.4 is 4.74 Å². The van der Waals surface area contributed by atoms with Crippen LogP contribution in [0.4, 0.5) is 0 Å². The highest BCUT2D eigenvalue weighted by molar-refractivity contribution is 6.39. The number of piperidine rings is 1. The second-order valence-corrected chi connectivity index (χ2v) is 19.2. The zero-order chi connectivity index (χ0) is 45.3. The normalized spacial score (nSPS) is 36.6. The first-order chi connectivity index (χ1) is 29.5. The Morgan fingerprint density at radius 2 is 1.63 bits per heavy atom. The standard InChI is InChI=1S/C50H76N2O10/c1-11-37-26-31(2)25-32(3)27-43(58-9)46-44(59-10)29-35(6)50(57,62-46)47(54)48(55)52-24-16-15-19-40(52)49(56)61-45(33(4)20-23-41(37)53)34(5)28-36-21-22-39(51(7)8)42(30-36)60-38-17-13-12-14-18-38/h12-14,17-18,26,28,32-33,35-37,39-40,42-46,57H,11,15-16,19-25,27,29-30H2,1-10H3. The summed E-state index contributed by atoms with van der Waals surface area (Å²) in [6, 6.07) is 9.08. The van der Waals surface area contributed by atoms with Crippen molar-refractivity contribution in [1.29, 1.82) is 0 Å². The number of hydrogen-bond donors (Lipinski definition) is 1. The molecule has 12 nitrogen and oxygen atoms in total. The average Bonchev–Trinajstić information content (AvgIpc) is 3.25. The number of para-hydroxylation sites is 1. The second-order valence-electron chi connectivity index (χ2n) is 19.2. The highest BCUT2D eigenvalue weighted by Crippen LogP contribution is 2.39. The molecule has 13 atom stereocenters. The number of ketones is 2. The molecule has 1 amide bonds. The minimum Gasteiger partial charge on any atom is -0.489 e. The number of ether oxygens (including phenoxy) is 5. The molecule has 0 aromatic heterocycles. The van der Waals surface area contributed by atoms with Crippen LogP contribution in [-0.2, 0) is 38.1 Å². The summed E-state index contributed by atoms with van der Waals surface area (Å²) in [7, 11) is 7.30. The van der Waals surface area contributed by atoms with E-state index >= 15 is 0 Å². The van der Waals surface area contributed by atoms with Gasteiger partial charge in [0.25, 0.3) is 11.7 Å². The highest BCUT2D eigenvalue weighted by atomic mass is 16.7. The Hall–Kier alpha value is -3.42. The SMILES string of the molecule is CCC1C=C(C)CC(C)CC(OC)C2OC(O)(C(=O)C(=O)N3CCCCC3C(=O)OC(C(C)=CC3CCC(N(C)C)C(Oc4ccccc4)C3)C(C)CCC1=O)C(C)CC2OC. The summed E-state index contributed by atoms with van der Waals surface area (Å²) >= 11 is 0. The number of nitrogens with zero attached hydrogens (tertiary/aromatic N) is 2. The molecule has 2 saturated heterocycles. The molecule has 346 valence electrons. The average molecular weight is 865 g/mol. The first-order valence-corrected chi connectivity index (χ1v) is 23.3. The third-order valence-corrected chi connectivity index (χ3v) is 14.2. The fourth-order valence-electron chi connectivity index (χ4n) is 10.5. The summed E-state index contributed by atoms with van der Waals surface area (Å²) in [4.78, 5) is 60.6. The molecule has 1 aliphatic carbocycles. The number of carbonyl (C=O) groups excluding carboxylic acids is 4. The zero-order valence-corrected chi connectivity index (χ0v) is 39.2. The number of fused-ring (bicyclic) bond motifs is 3. The predicted octanol–water partition coefficient (Wildman–Crippen LogP) is 7.50. The van der Waals surface area contributed by atoms with Crippen LogP contribution in [0.1, 0.15) is 119 Å². The summed E-state index contributed by atoms with van der Waals surface area (Å²) in [6.45, 7) is 12.0. The van der Waals surface area contributed by atoms with Gasteiger partial charge in [-0.2, -0.15) is 0 Å². The van der Waals surface area contributed by atoms with Crippen LogP contribution in [0.15, 0.2) is 53.6 Å². The van der Waals surface area contributed by atoms with Crippen LogP contribution >= 0.6 is 0 Å². The maximum Gasteiger partial charge on any atom is 0.329 e. The van der Waals surface area contributed by atoms with E-state index in [9.17, 15) is 24.3 Å². The molecule has 1 aromatic rings. The van der Waals surface area contributed by atoms with Gasteiger partial charge in [-0.05, 0) is 134 Å². The monoisotopic (exact) mass is 865 g/mol. The minimum atomic E-state index is -2.46. The molecule has 3 aliphatic heterocycles. The van der Waals surface area contributed by atoms with Gasteiger partial charge in [-0.3, -0.25) is 14.4 Å². The number of benzene rings is 1. The molecule has 3 fully saturated rings. The highest BCUT2D eigenvalue weighted by Gasteiger charge is 2.56. The van der Waals surface area contributed by atoms with E-state index in [1.165, 1.54) is 4.90 Å². The van der Waals surface area contributed by atoms with Gasteiger partial charge in [0.2, 0.25) is 5.79 Å². The molecule has 13 unspecified atom stereocenters. The third kappa shape index (κ3) is 12.0. The van der Waals surface area contributed by atoms with Crippen LogP contribution in [0.3, 0.4) is 0 Å². The Bertz CT molecular complexity index is 1730. The van der Waals surface area contributed by atoms with Crippen LogP contribution in [0.2, 0.25) is 0 Å². The van der Waals surface area contributed by atoms with E-state index in [4.69, 9.17) is 23.7 Å². The number of rotatable bonds is 8. The molecule has 2 bridgehead atoms. The Balaban J connectivity index is 1.49. The van der Waals surface area contributed by atoms with Gasteiger partial charge in [0.15, 0.2) is 0 Å². The second kappa shape index (κ2) is 22.5. The predicted molar refractivity (Wildman–Crippen MR) is 238 cm³/mol. The van der Waals surface area contributed by atoms with Crippen LogP contribution in [0.25, 0.3) is 0 Å². The Morgan fingerprint density at radius 3 is 2.29 bits per heavy atom. The first-order valence-electron chi connectivity index (χ1n) is 23.3. The van der Waals surface area contributed by atoms with Gasteiger partial charge in [-0.25, -0.2) is 4.79 Å². The van der Waals surface area contributed by atoms with Crippen molar-refractivity contribution in [3.8, 4) is 5.75 Å². The maximum absolute atomic E-state index is 14.5. The van der Waals surface area contributed by atoms with Gasteiger partial charge in [0.05, 0.1) is 12.2 Å². The fraction of sp³-hybridized carbons (Fsp3) is 0.720. The van der Waals surface area contributed by atoms with E-state index in [0.29, 0.717) is 51.4 Å². The zero-order valence-electron chi connectivity index (χ0n) is 39.2. The summed E-state index contributed by atoms with van der Waals surface area (Å²) < 4.78 is 31.2. The summed E-state index contributed by atoms with van der Waals surface area (Å²) in [6.07, 6.45) is 8.79. The molecule has 62 heavy (non-hydrogen) atoms. The van der Waals surface area contributed by atoms with Crippen molar-refractivity contribution in [1.82, 2.24) is 9.80 Å². The van der Waals surface area contributed by atoms with Gasteiger partial charge < -0.3 is 38.6 Å². The molecule has 0 radical (unpaired) electrons. The lowest BCUT2D eigenvalue weighted by molar-refractivity contribution is -0.302. The lowest BCUT2D eigenvalue weighted by Gasteiger charge is -2.47. The number of esters is 1. The van der Waals surface area contributed by atoms with E-state index in [-0.39, 0.29) is 54.6 Å². The van der Waals surface area contributed by atoms with Crippen molar-refractivity contribution in [3.05, 3.63) is 53.6 Å². The molecular formula is C50H76N2O10. The van der Waals surface area contributed by atoms with Crippen LogP contribution in [0, 0.1) is 29.6 Å². The number of aliphatic hydroxyl groups is 1. The van der Waals surface area contributed by atoms with Gasteiger partial charge in [0.1, 0.15) is 35.9 Å². The largest absolute Gasteiger partial charge is 0.489 e. The maximum atomic E-state index is 14.5. The molecule has 0 spiro atoms. The van der Waals surface area contributed by atoms with Gasteiger partial charge >= 0.3 is 5.97 Å². The van der Waals surface area contributed by atoms with Crippen molar-refractivity contribution in [2.45, 2.75) is 167 Å². The van der Waals surface area contributed by atoms with Crippen LogP contribution in [0.5, 0.6) is 5.75 Å². The number of cyclic esters (lactones) is 1. The number of allylic oxidation sites excluding steroid dienone is 3. The molecular weight excluding hydrogens is 789 g/mol. The molecule has 4 aliphatic rings. The smallest absolute Gasteiger partial charge is 0.329 e. The molecule has 1 N–H and O–H groups in total. The number of likely N-dealkylation sites (N-methyl/N-ethyl adjacent to an activating group) is 1. The quantitative estimate of drug-likeness (QED) is 0.158. The number of hydrogen-bond acceptors (Lipinski definition) is 11. The minimum absolute atomic E-state index is 0.0533. The summed E-state index contributed by atoms with van der Waals surface area (Å²) in [5.41, 5.74) is 1.97. The van der Waals surface area contributed by atoms with E-state index < -0.39 is 59.8 Å². The Morgan fingerprint density at radius 1 is 0.935 bits per heavy atom. The number of Topliss-reactive ketones (excluding diaryl/α,β-unsaturated/α-hetero) is 2. The van der Waals surface area contributed by atoms with E-state index in [1.807, 2.05) is 58.0 Å². The Kier molecular flexibility index (Phi) is 18.0. The molecule has 1 aromatic carbocycles. The molecule has 12 heteroatoms. The van der Waals surface area contributed by atoms with E-state index in [1.54, 1.807) is 21.1 Å². The summed E-state index contributed by atoms with van der Waals surface area (Å²) in [5.74, 6) is -5.19. The number of amides is 1. The number of carbonyl (C=O) groups is 4. The van der Waals surface area contributed by atoms with Crippen LogP contribution in [-0.4, -0.2) is 122 Å². The van der Waals surface area contributed by atoms with Crippen molar-refractivity contribution in [2.24, 2.45) is 29.6 Å². The van der Waals surface area contributed by atoms with Crippen molar-refractivity contribution < 1.29 is 48.0 Å². The molecule has 1 saturated carbocycles. The van der Waals surface area contributed by atoms with Gasteiger partial charge in [-0.1, -0.05) is 63.6 Å². The van der Waals surface area contributed by atoms with E-state index in [0.717, 1.165) is 36.2 Å². The van der Waals surface area contributed by atoms with Gasteiger partial charge in [-0.15, -0.1) is 0 Å². The number of methoxy groups -OCH3 is 2. The first kappa shape index (κ1) is 49.6. The Labute approximate surface area is 371 Å². The topological polar surface area (TPSA) is 141 Å².